The molecule has 0 aromatic heterocycles. The van der Waals surface area contributed by atoms with Crippen molar-refractivity contribution in [1.82, 2.24) is 0 Å². The van der Waals surface area contributed by atoms with E-state index < -0.39 is 0 Å². The first-order valence-corrected chi connectivity index (χ1v) is 15.3. The summed E-state index contributed by atoms with van der Waals surface area (Å²) in [5.74, 6) is 1.04. The van der Waals surface area contributed by atoms with Crippen molar-refractivity contribution in [2.45, 2.75) is 61.4 Å². The molecule has 210 valence electrons. The average molecular weight is 550 g/mol. The largest absolute Gasteiger partial charge is 0.339 e. The van der Waals surface area contributed by atoms with E-state index in [0.717, 1.165) is 5.75 Å². The number of anilines is 1. The number of fused-ring (bicyclic) bond motifs is 1. The molecule has 0 spiro atoms. The zero-order chi connectivity index (χ0) is 29.3. The summed E-state index contributed by atoms with van der Waals surface area (Å²) in [5, 5.41) is 2.50. The van der Waals surface area contributed by atoms with Crippen LogP contribution in [-0.2, 0) is 0 Å². The third kappa shape index (κ3) is 8.15. The zero-order valence-electron chi connectivity index (χ0n) is 25.7. The minimum atomic E-state index is 0.143. The highest BCUT2D eigenvalue weighted by Gasteiger charge is 2.32. The zero-order valence-corrected chi connectivity index (χ0v) is 26.6. The first-order valence-electron chi connectivity index (χ1n) is 14.3. The molecule has 40 heavy (non-hydrogen) atoms. The van der Waals surface area contributed by atoms with Crippen molar-refractivity contribution in [3.63, 3.8) is 0 Å². The van der Waals surface area contributed by atoms with Crippen LogP contribution < -0.4 is 4.90 Å². The van der Waals surface area contributed by atoms with E-state index in [4.69, 9.17) is 0 Å². The van der Waals surface area contributed by atoms with E-state index in [-0.39, 0.29) is 16.9 Å². The standard InChI is InChI=1S/C38H47NS/c1-10-31(32-17-13-12-14-18-32)23-21-29(3)39(35-25-24-33-19-15-16-20-34(33)27-35)30(4)22-26-36(11-2)40-28-38(8,9)37(5,6)7/h10-27,29H,2,28H2,1,3-9H3/b23-21-,30-22+,31-10+,36-26+. The Morgan fingerprint density at radius 2 is 1.55 bits per heavy atom. The molecule has 0 aliphatic heterocycles. The fourth-order valence-electron chi connectivity index (χ4n) is 4.34. The normalized spacial score (nSPS) is 14.6. The molecule has 0 saturated carbocycles. The van der Waals surface area contributed by atoms with Gasteiger partial charge < -0.3 is 4.90 Å². The molecule has 3 aromatic carbocycles. The van der Waals surface area contributed by atoms with Crippen molar-refractivity contribution in [3.05, 3.63) is 132 Å². The average Bonchev–Trinajstić information content (AvgIpc) is 2.93. The SMILES string of the molecule is C=C/C(=C\C=C(/C)N(c1ccc2ccccc2c1)C(C)/C=C\C(=C/C)c1ccccc1)SCC(C)(C)C(C)(C)C. The summed E-state index contributed by atoms with van der Waals surface area (Å²) in [6, 6.07) is 26.0. The lowest BCUT2D eigenvalue weighted by molar-refractivity contribution is 0.163. The topological polar surface area (TPSA) is 3.24 Å². The Kier molecular flexibility index (Phi) is 10.9. The predicted octanol–water partition coefficient (Wildman–Crippen LogP) is 11.5. The van der Waals surface area contributed by atoms with E-state index >= 15 is 0 Å². The van der Waals surface area contributed by atoms with Gasteiger partial charge in [0, 0.05) is 28.1 Å². The quantitative estimate of drug-likeness (QED) is 0.219. The second kappa shape index (κ2) is 13.9. The number of benzene rings is 3. The van der Waals surface area contributed by atoms with Gasteiger partial charge in [-0.05, 0) is 77.8 Å². The Morgan fingerprint density at radius 3 is 2.17 bits per heavy atom. The van der Waals surface area contributed by atoms with Gasteiger partial charge in [-0.2, -0.15) is 0 Å². The van der Waals surface area contributed by atoms with E-state index in [2.05, 4.69) is 170 Å². The van der Waals surface area contributed by atoms with Crippen LogP contribution in [0.5, 0.6) is 0 Å². The summed E-state index contributed by atoms with van der Waals surface area (Å²) in [7, 11) is 0. The molecule has 1 nitrogen and oxygen atoms in total. The molecule has 0 radical (unpaired) electrons. The molecule has 1 atom stereocenters. The molecular formula is C38H47NS. The third-order valence-electron chi connectivity index (χ3n) is 8.09. The van der Waals surface area contributed by atoms with Gasteiger partial charge in [0.05, 0.1) is 0 Å². The van der Waals surface area contributed by atoms with Crippen LogP contribution in [0.4, 0.5) is 5.69 Å². The Bertz CT molecular complexity index is 1400. The Hall–Kier alpha value is -3.23. The molecule has 3 rings (SSSR count). The van der Waals surface area contributed by atoms with Crippen LogP contribution in [-0.4, -0.2) is 11.8 Å². The Morgan fingerprint density at radius 1 is 0.900 bits per heavy atom. The minimum Gasteiger partial charge on any atom is -0.339 e. The molecule has 0 heterocycles. The fourth-order valence-corrected chi connectivity index (χ4v) is 5.59. The lowest BCUT2D eigenvalue weighted by atomic mass is 9.71. The minimum absolute atomic E-state index is 0.143. The van der Waals surface area contributed by atoms with Gasteiger partial charge in [0.1, 0.15) is 0 Å². The van der Waals surface area contributed by atoms with E-state index in [1.165, 1.54) is 38.2 Å². The second-order valence-corrected chi connectivity index (χ2v) is 13.2. The number of hydrogen-bond acceptors (Lipinski definition) is 2. The molecule has 0 bridgehead atoms. The molecule has 0 aliphatic rings. The molecule has 2 heteroatoms. The molecule has 0 amide bonds. The van der Waals surface area contributed by atoms with Gasteiger partial charge in [-0.1, -0.05) is 126 Å². The monoisotopic (exact) mass is 549 g/mol. The highest BCUT2D eigenvalue weighted by molar-refractivity contribution is 8.03. The maximum absolute atomic E-state index is 4.11. The van der Waals surface area contributed by atoms with Crippen LogP contribution in [0.15, 0.2) is 126 Å². The maximum Gasteiger partial charge on any atom is 0.0493 e. The summed E-state index contributed by atoms with van der Waals surface area (Å²) in [4.78, 5) is 3.61. The lowest BCUT2D eigenvalue weighted by Crippen LogP contribution is -2.31. The smallest absolute Gasteiger partial charge is 0.0493 e. The van der Waals surface area contributed by atoms with Gasteiger partial charge in [0.15, 0.2) is 0 Å². The van der Waals surface area contributed by atoms with Crippen LogP contribution in [0.1, 0.15) is 61.0 Å². The van der Waals surface area contributed by atoms with Crippen molar-refractivity contribution in [2.75, 3.05) is 10.7 Å². The first kappa shape index (κ1) is 31.3. The van der Waals surface area contributed by atoms with Crippen LogP contribution in [0, 0.1) is 10.8 Å². The fraction of sp³-hybridized carbons (Fsp3) is 0.316. The summed E-state index contributed by atoms with van der Waals surface area (Å²) in [5.41, 5.74) is 5.26. The van der Waals surface area contributed by atoms with Gasteiger partial charge >= 0.3 is 0 Å². The van der Waals surface area contributed by atoms with E-state index in [0.29, 0.717) is 0 Å². The van der Waals surface area contributed by atoms with Gasteiger partial charge in [0.2, 0.25) is 0 Å². The summed E-state index contributed by atoms with van der Waals surface area (Å²) >= 11 is 1.89. The predicted molar refractivity (Wildman–Crippen MR) is 183 cm³/mol. The molecular weight excluding hydrogens is 502 g/mol. The maximum atomic E-state index is 4.11. The van der Waals surface area contributed by atoms with Crippen LogP contribution >= 0.6 is 11.8 Å². The molecule has 0 aliphatic carbocycles. The number of thioether (sulfide) groups is 1. The van der Waals surface area contributed by atoms with Crippen molar-refractivity contribution in [1.29, 1.82) is 0 Å². The van der Waals surface area contributed by atoms with Gasteiger partial charge in [-0.25, -0.2) is 0 Å². The number of nitrogens with zero attached hydrogens (tertiary/aromatic N) is 1. The summed E-state index contributed by atoms with van der Waals surface area (Å²) < 4.78 is 0. The van der Waals surface area contributed by atoms with Gasteiger partial charge in [-0.3, -0.25) is 0 Å². The first-order chi connectivity index (χ1) is 19.0. The highest BCUT2D eigenvalue weighted by atomic mass is 32.2. The van der Waals surface area contributed by atoms with Crippen molar-refractivity contribution < 1.29 is 0 Å². The van der Waals surface area contributed by atoms with Gasteiger partial charge in [-0.15, -0.1) is 11.8 Å². The lowest BCUT2D eigenvalue weighted by Gasteiger charge is -2.38. The van der Waals surface area contributed by atoms with E-state index in [9.17, 15) is 0 Å². The van der Waals surface area contributed by atoms with Crippen molar-refractivity contribution >= 4 is 33.8 Å². The third-order valence-corrected chi connectivity index (χ3v) is 9.59. The second-order valence-electron chi connectivity index (χ2n) is 12.1. The molecule has 0 fully saturated rings. The molecule has 0 N–H and O–H groups in total. The molecule has 3 aromatic rings. The summed E-state index contributed by atoms with van der Waals surface area (Å²) in [6.45, 7) is 22.3. The van der Waals surface area contributed by atoms with Crippen LogP contribution in [0.3, 0.4) is 0 Å². The highest BCUT2D eigenvalue weighted by Crippen LogP contribution is 2.42. The van der Waals surface area contributed by atoms with Crippen LogP contribution in [0.2, 0.25) is 0 Å². The van der Waals surface area contributed by atoms with Crippen molar-refractivity contribution in [3.8, 4) is 0 Å². The Labute approximate surface area is 248 Å². The van der Waals surface area contributed by atoms with Crippen LogP contribution in [0.25, 0.3) is 16.3 Å². The van der Waals surface area contributed by atoms with Gasteiger partial charge in [0.25, 0.3) is 0 Å². The number of rotatable bonds is 11. The van der Waals surface area contributed by atoms with E-state index in [1.807, 2.05) is 17.8 Å². The molecule has 1 unspecified atom stereocenters. The number of allylic oxidation sites excluding steroid dienone is 7. The van der Waals surface area contributed by atoms with Crippen molar-refractivity contribution in [2.24, 2.45) is 10.8 Å². The number of hydrogen-bond donors (Lipinski definition) is 0. The summed E-state index contributed by atoms with van der Waals surface area (Å²) in [6.07, 6.45) is 13.2. The van der Waals surface area contributed by atoms with E-state index in [1.54, 1.807) is 0 Å². The Balaban J connectivity index is 1.96. The molecule has 0 saturated heterocycles.